The molecule has 2 N–H and O–H groups in total. The molecule has 0 atom stereocenters. The molecule has 29 heavy (non-hydrogen) atoms. The molecule has 0 fully saturated rings. The predicted molar refractivity (Wildman–Crippen MR) is 113 cm³/mol. The van der Waals surface area contributed by atoms with Gasteiger partial charge in [0.05, 0.1) is 0 Å². The largest absolute Gasteiger partial charge is 0.484 e. The van der Waals surface area contributed by atoms with Crippen molar-refractivity contribution in [1.82, 2.24) is 25.5 Å². The number of anilines is 1. The van der Waals surface area contributed by atoms with Crippen molar-refractivity contribution in [2.45, 2.75) is 18.6 Å². The molecule has 1 heterocycles. The highest BCUT2D eigenvalue weighted by atomic mass is 32.2. The number of hydrogen-bond acceptors (Lipinski definition) is 7. The second-order valence-corrected chi connectivity index (χ2v) is 7.52. The number of thioether (sulfide) groups is 1. The molecule has 0 aliphatic heterocycles. The monoisotopic (exact) mass is 412 g/mol. The molecule has 0 radical (unpaired) electrons. The van der Waals surface area contributed by atoms with Crippen LogP contribution in [0.2, 0.25) is 0 Å². The Balaban J connectivity index is 1.38. The van der Waals surface area contributed by atoms with Gasteiger partial charge >= 0.3 is 0 Å². The minimum absolute atomic E-state index is 0.0346. The van der Waals surface area contributed by atoms with Gasteiger partial charge in [-0.15, -0.1) is 5.10 Å². The fourth-order valence-corrected chi connectivity index (χ4v) is 3.27. The van der Waals surface area contributed by atoms with Gasteiger partial charge in [-0.1, -0.05) is 41.6 Å². The summed E-state index contributed by atoms with van der Waals surface area (Å²) in [5.41, 5.74) is 3.00. The first-order valence-corrected chi connectivity index (χ1v) is 10.2. The van der Waals surface area contributed by atoms with Crippen LogP contribution >= 0.6 is 11.8 Å². The van der Waals surface area contributed by atoms with Gasteiger partial charge < -0.3 is 15.4 Å². The number of carbonyl (C=O) groups excluding carboxylic acids is 1. The number of amides is 1. The minimum Gasteiger partial charge on any atom is -0.484 e. The summed E-state index contributed by atoms with van der Waals surface area (Å²) in [5, 5.41) is 18.4. The number of aromatic nitrogens is 4. The number of aryl methyl sites for hydroxylation is 2. The SMILES string of the molecule is Cc1ccc(NC(=O)COc2cccc(CNCCSc3nnnn3C)c2)cc1. The van der Waals surface area contributed by atoms with E-state index in [0.29, 0.717) is 12.3 Å². The number of carbonyl (C=O) groups is 1. The average molecular weight is 413 g/mol. The van der Waals surface area contributed by atoms with Crippen LogP contribution in [-0.4, -0.2) is 45.0 Å². The normalized spacial score (nSPS) is 10.7. The summed E-state index contributed by atoms with van der Waals surface area (Å²) in [5.74, 6) is 1.35. The molecule has 0 spiro atoms. The number of tetrazole rings is 1. The van der Waals surface area contributed by atoms with Crippen LogP contribution in [0.4, 0.5) is 5.69 Å². The number of benzene rings is 2. The van der Waals surface area contributed by atoms with Crippen LogP contribution in [0.5, 0.6) is 5.75 Å². The molecule has 1 amide bonds. The van der Waals surface area contributed by atoms with E-state index in [-0.39, 0.29) is 12.5 Å². The van der Waals surface area contributed by atoms with E-state index >= 15 is 0 Å². The summed E-state index contributed by atoms with van der Waals surface area (Å²) in [7, 11) is 1.82. The number of ether oxygens (including phenoxy) is 1. The highest BCUT2D eigenvalue weighted by Crippen LogP contribution is 2.14. The fraction of sp³-hybridized carbons (Fsp3) is 0.300. The Hall–Kier alpha value is -2.91. The topological polar surface area (TPSA) is 94.0 Å². The molecule has 0 bridgehead atoms. The van der Waals surface area contributed by atoms with Gasteiger partial charge in [0.1, 0.15) is 5.75 Å². The number of nitrogens with one attached hydrogen (secondary N) is 2. The van der Waals surface area contributed by atoms with Crippen molar-refractivity contribution < 1.29 is 9.53 Å². The van der Waals surface area contributed by atoms with E-state index in [1.807, 2.05) is 62.5 Å². The molecular weight excluding hydrogens is 388 g/mol. The molecule has 0 aliphatic carbocycles. The molecule has 8 nitrogen and oxygen atoms in total. The fourth-order valence-electron chi connectivity index (χ4n) is 2.52. The molecule has 2 aromatic carbocycles. The van der Waals surface area contributed by atoms with Crippen LogP contribution in [0.3, 0.4) is 0 Å². The lowest BCUT2D eigenvalue weighted by molar-refractivity contribution is -0.118. The number of hydrogen-bond donors (Lipinski definition) is 2. The molecular formula is C20H24N6O2S. The van der Waals surface area contributed by atoms with Crippen molar-refractivity contribution in [3.05, 3.63) is 59.7 Å². The zero-order chi connectivity index (χ0) is 20.5. The van der Waals surface area contributed by atoms with Gasteiger partial charge in [-0.25, -0.2) is 4.68 Å². The van der Waals surface area contributed by atoms with E-state index in [4.69, 9.17) is 4.74 Å². The van der Waals surface area contributed by atoms with Gasteiger partial charge in [0, 0.05) is 31.6 Å². The zero-order valence-corrected chi connectivity index (χ0v) is 17.3. The Morgan fingerprint density at radius 2 is 2.03 bits per heavy atom. The second-order valence-electron chi connectivity index (χ2n) is 6.46. The zero-order valence-electron chi connectivity index (χ0n) is 16.5. The van der Waals surface area contributed by atoms with E-state index in [9.17, 15) is 4.79 Å². The highest BCUT2D eigenvalue weighted by Gasteiger charge is 2.05. The van der Waals surface area contributed by atoms with Gasteiger partial charge in [-0.3, -0.25) is 4.79 Å². The van der Waals surface area contributed by atoms with Crippen molar-refractivity contribution in [2.75, 3.05) is 24.2 Å². The summed E-state index contributed by atoms with van der Waals surface area (Å²) in [4.78, 5) is 12.1. The average Bonchev–Trinajstić information content (AvgIpc) is 3.13. The van der Waals surface area contributed by atoms with Gasteiger partial charge in [-0.2, -0.15) is 0 Å². The first kappa shape index (κ1) is 20.8. The van der Waals surface area contributed by atoms with Crippen LogP contribution in [0.25, 0.3) is 0 Å². The van der Waals surface area contributed by atoms with Crippen molar-refractivity contribution in [3.63, 3.8) is 0 Å². The molecule has 0 saturated carbocycles. The van der Waals surface area contributed by atoms with Crippen molar-refractivity contribution >= 4 is 23.4 Å². The summed E-state index contributed by atoms with van der Waals surface area (Å²) in [6.45, 7) is 3.50. The summed E-state index contributed by atoms with van der Waals surface area (Å²) in [6.07, 6.45) is 0. The van der Waals surface area contributed by atoms with E-state index < -0.39 is 0 Å². The molecule has 152 valence electrons. The Morgan fingerprint density at radius 1 is 1.21 bits per heavy atom. The Kier molecular flexibility index (Phi) is 7.60. The standard InChI is InChI=1S/C20H24N6O2S/c1-15-6-8-17(9-7-15)22-19(27)14-28-18-5-3-4-16(12-18)13-21-10-11-29-20-23-24-25-26(20)2/h3-9,12,21H,10-11,13-14H2,1-2H3,(H,22,27). The Morgan fingerprint density at radius 3 is 2.79 bits per heavy atom. The molecule has 3 aromatic rings. The summed E-state index contributed by atoms with van der Waals surface area (Å²) >= 11 is 1.60. The van der Waals surface area contributed by atoms with Crippen molar-refractivity contribution in [1.29, 1.82) is 0 Å². The molecule has 0 unspecified atom stereocenters. The van der Waals surface area contributed by atoms with Gasteiger partial charge in [0.15, 0.2) is 6.61 Å². The number of rotatable bonds is 10. The van der Waals surface area contributed by atoms with E-state index in [0.717, 1.165) is 34.3 Å². The second kappa shape index (κ2) is 10.6. The molecule has 0 aliphatic rings. The van der Waals surface area contributed by atoms with E-state index in [1.165, 1.54) is 0 Å². The van der Waals surface area contributed by atoms with Crippen LogP contribution in [0, 0.1) is 6.92 Å². The van der Waals surface area contributed by atoms with Gasteiger partial charge in [0.25, 0.3) is 5.91 Å². The molecule has 3 rings (SSSR count). The maximum atomic E-state index is 12.1. The van der Waals surface area contributed by atoms with Crippen LogP contribution < -0.4 is 15.4 Å². The molecule has 9 heteroatoms. The van der Waals surface area contributed by atoms with Crippen LogP contribution in [0.1, 0.15) is 11.1 Å². The predicted octanol–water partition coefficient (Wildman–Crippen LogP) is 2.42. The van der Waals surface area contributed by atoms with E-state index in [2.05, 4.69) is 26.2 Å². The van der Waals surface area contributed by atoms with E-state index in [1.54, 1.807) is 16.4 Å². The maximum absolute atomic E-state index is 12.1. The smallest absolute Gasteiger partial charge is 0.262 e. The van der Waals surface area contributed by atoms with Crippen molar-refractivity contribution in [3.8, 4) is 5.75 Å². The lowest BCUT2D eigenvalue weighted by atomic mass is 10.2. The summed E-state index contributed by atoms with van der Waals surface area (Å²) in [6, 6.07) is 15.4. The first-order chi connectivity index (χ1) is 14.1. The third kappa shape index (κ3) is 6.88. The Bertz CT molecular complexity index is 929. The van der Waals surface area contributed by atoms with Crippen LogP contribution in [0.15, 0.2) is 53.7 Å². The molecule has 1 aromatic heterocycles. The minimum atomic E-state index is -0.187. The lowest BCUT2D eigenvalue weighted by Gasteiger charge is -2.10. The number of nitrogens with zero attached hydrogens (tertiary/aromatic N) is 4. The van der Waals surface area contributed by atoms with Gasteiger partial charge in [0.2, 0.25) is 5.16 Å². The third-order valence-corrected chi connectivity index (χ3v) is 5.04. The van der Waals surface area contributed by atoms with Crippen LogP contribution in [-0.2, 0) is 18.4 Å². The van der Waals surface area contributed by atoms with Crippen molar-refractivity contribution in [2.24, 2.45) is 7.05 Å². The third-order valence-electron chi connectivity index (χ3n) is 4.02. The summed E-state index contributed by atoms with van der Waals surface area (Å²) < 4.78 is 7.28. The van der Waals surface area contributed by atoms with Gasteiger partial charge in [-0.05, 0) is 47.2 Å². The Labute approximate surface area is 174 Å². The molecule has 0 saturated heterocycles. The quantitative estimate of drug-likeness (QED) is 0.390. The first-order valence-electron chi connectivity index (χ1n) is 9.24. The lowest BCUT2D eigenvalue weighted by Crippen LogP contribution is -2.20. The maximum Gasteiger partial charge on any atom is 0.262 e. The highest BCUT2D eigenvalue weighted by molar-refractivity contribution is 7.99.